The molecule has 0 bridgehead atoms. The van der Waals surface area contributed by atoms with Crippen LogP contribution in [0, 0.1) is 5.82 Å². The van der Waals surface area contributed by atoms with Crippen LogP contribution in [0.2, 0.25) is 0 Å². The van der Waals surface area contributed by atoms with Crippen LogP contribution in [0.25, 0.3) is 0 Å². The lowest BCUT2D eigenvalue weighted by atomic mass is 10.0. The van der Waals surface area contributed by atoms with E-state index in [1.165, 1.54) is 12.1 Å². The average Bonchev–Trinajstić information content (AvgIpc) is 3.15. The third kappa shape index (κ3) is 3.52. The Kier molecular flexibility index (Phi) is 4.61. The fraction of sp³-hybridized carbons (Fsp3) is 0.529. The van der Waals surface area contributed by atoms with E-state index in [4.69, 9.17) is 9.84 Å². The molecule has 0 radical (unpaired) electrons. The maximum Gasteiger partial charge on any atom is 0.332 e. The molecule has 2 aliphatic rings. The zero-order valence-electron chi connectivity index (χ0n) is 12.8. The van der Waals surface area contributed by atoms with Gasteiger partial charge >= 0.3 is 5.97 Å². The Bertz CT molecular complexity index is 606. The Balaban J connectivity index is 1.64. The fourth-order valence-electron chi connectivity index (χ4n) is 3.46. The predicted molar refractivity (Wildman–Crippen MR) is 80.4 cm³/mol. The first-order chi connectivity index (χ1) is 11.0. The topological polar surface area (TPSA) is 66.8 Å². The van der Waals surface area contributed by atoms with Crippen molar-refractivity contribution < 1.29 is 23.8 Å². The molecule has 3 rings (SSSR count). The normalized spacial score (nSPS) is 27.3. The van der Waals surface area contributed by atoms with Crippen LogP contribution in [0.1, 0.15) is 31.2 Å². The smallest absolute Gasteiger partial charge is 0.332 e. The van der Waals surface area contributed by atoms with E-state index in [2.05, 4.69) is 0 Å². The summed E-state index contributed by atoms with van der Waals surface area (Å²) in [5, 5.41) is 8.97. The van der Waals surface area contributed by atoms with Gasteiger partial charge in [0.1, 0.15) is 11.9 Å². The number of carbonyl (C=O) groups excluding carboxylic acids is 1. The van der Waals surface area contributed by atoms with Crippen LogP contribution in [0.15, 0.2) is 24.3 Å². The highest BCUT2D eigenvalue weighted by Gasteiger charge is 2.39. The third-order valence-corrected chi connectivity index (χ3v) is 4.59. The maximum atomic E-state index is 13.3. The molecule has 5 nitrogen and oxygen atoms in total. The van der Waals surface area contributed by atoms with E-state index in [-0.39, 0.29) is 17.8 Å². The Hall–Kier alpha value is -1.95. The van der Waals surface area contributed by atoms with Crippen LogP contribution in [0.3, 0.4) is 0 Å². The second-order valence-corrected chi connectivity index (χ2v) is 6.19. The molecule has 0 saturated carbocycles. The minimum atomic E-state index is -1.02. The quantitative estimate of drug-likeness (QED) is 0.921. The van der Waals surface area contributed by atoms with Gasteiger partial charge in [-0.2, -0.15) is 0 Å². The van der Waals surface area contributed by atoms with Gasteiger partial charge in [-0.05, 0) is 49.8 Å². The molecule has 2 saturated heterocycles. The van der Waals surface area contributed by atoms with Gasteiger partial charge in [-0.1, -0.05) is 12.1 Å². The number of ether oxygens (including phenoxy) is 1. The SMILES string of the molecule is O=C(O)[C@H]1CC[C@@H](C(=O)N2CCCC2Cc2cccc(F)c2)O1. The minimum Gasteiger partial charge on any atom is -0.479 e. The van der Waals surface area contributed by atoms with E-state index < -0.39 is 18.2 Å². The molecule has 0 spiro atoms. The van der Waals surface area contributed by atoms with Crippen molar-refractivity contribution in [2.45, 2.75) is 50.4 Å². The summed E-state index contributed by atoms with van der Waals surface area (Å²) in [7, 11) is 0. The van der Waals surface area contributed by atoms with Crippen molar-refractivity contribution in [2.75, 3.05) is 6.54 Å². The molecular formula is C17H20FNO4. The van der Waals surface area contributed by atoms with Crippen molar-refractivity contribution in [3.05, 3.63) is 35.6 Å². The molecule has 1 amide bonds. The van der Waals surface area contributed by atoms with Crippen LogP contribution in [-0.2, 0) is 20.7 Å². The Labute approximate surface area is 134 Å². The van der Waals surface area contributed by atoms with Crippen molar-refractivity contribution in [3.63, 3.8) is 0 Å². The molecule has 23 heavy (non-hydrogen) atoms. The Morgan fingerprint density at radius 1 is 1.26 bits per heavy atom. The first-order valence-electron chi connectivity index (χ1n) is 7.98. The van der Waals surface area contributed by atoms with Crippen molar-refractivity contribution in [2.24, 2.45) is 0 Å². The zero-order valence-corrected chi connectivity index (χ0v) is 12.8. The van der Waals surface area contributed by atoms with E-state index >= 15 is 0 Å². The monoisotopic (exact) mass is 321 g/mol. The van der Waals surface area contributed by atoms with Crippen molar-refractivity contribution in [1.82, 2.24) is 4.90 Å². The van der Waals surface area contributed by atoms with Gasteiger partial charge in [-0.3, -0.25) is 4.79 Å². The predicted octanol–water partition coefficient (Wildman–Crippen LogP) is 1.99. The molecular weight excluding hydrogens is 301 g/mol. The second-order valence-electron chi connectivity index (χ2n) is 6.19. The minimum absolute atomic E-state index is 0.0248. The molecule has 2 fully saturated rings. The summed E-state index contributed by atoms with van der Waals surface area (Å²) in [6.07, 6.45) is 1.65. The molecule has 0 aromatic heterocycles. The van der Waals surface area contributed by atoms with E-state index in [1.54, 1.807) is 11.0 Å². The van der Waals surface area contributed by atoms with Gasteiger partial charge in [0.2, 0.25) is 0 Å². The van der Waals surface area contributed by atoms with E-state index in [0.29, 0.717) is 25.8 Å². The number of hydrogen-bond acceptors (Lipinski definition) is 3. The van der Waals surface area contributed by atoms with Gasteiger partial charge in [0, 0.05) is 12.6 Å². The molecule has 6 heteroatoms. The summed E-state index contributed by atoms with van der Waals surface area (Å²) in [5.74, 6) is -1.42. The Morgan fingerprint density at radius 2 is 2.04 bits per heavy atom. The molecule has 2 heterocycles. The number of carbonyl (C=O) groups is 2. The molecule has 1 unspecified atom stereocenters. The zero-order chi connectivity index (χ0) is 16.4. The number of carboxylic acid groups (broad SMARTS) is 1. The standard InChI is InChI=1S/C17H20FNO4/c18-12-4-1-3-11(9-12)10-13-5-2-8-19(13)16(20)14-6-7-15(23-14)17(21)22/h1,3-4,9,13-15H,2,5-8,10H2,(H,21,22)/t13?,14-,15+/m0/s1. The first kappa shape index (κ1) is 15.9. The molecule has 1 aromatic rings. The van der Waals surface area contributed by atoms with Crippen molar-refractivity contribution in [3.8, 4) is 0 Å². The maximum absolute atomic E-state index is 13.3. The van der Waals surface area contributed by atoms with E-state index in [1.807, 2.05) is 6.07 Å². The largest absolute Gasteiger partial charge is 0.479 e. The second kappa shape index (κ2) is 6.66. The summed E-state index contributed by atoms with van der Waals surface area (Å²) in [6.45, 7) is 0.649. The fourth-order valence-corrected chi connectivity index (χ4v) is 3.46. The highest BCUT2D eigenvalue weighted by Crippen LogP contribution is 2.27. The first-order valence-corrected chi connectivity index (χ1v) is 7.98. The molecule has 1 N–H and O–H groups in total. The van der Waals surface area contributed by atoms with E-state index in [0.717, 1.165) is 18.4 Å². The van der Waals surface area contributed by atoms with Gasteiger partial charge in [-0.25, -0.2) is 9.18 Å². The molecule has 2 aliphatic heterocycles. The highest BCUT2D eigenvalue weighted by atomic mass is 19.1. The number of amides is 1. The number of hydrogen-bond donors (Lipinski definition) is 1. The van der Waals surface area contributed by atoms with Crippen molar-refractivity contribution in [1.29, 1.82) is 0 Å². The number of carboxylic acids is 1. The lowest BCUT2D eigenvalue weighted by molar-refractivity contribution is -0.155. The van der Waals surface area contributed by atoms with Gasteiger partial charge in [0.25, 0.3) is 5.91 Å². The Morgan fingerprint density at radius 3 is 2.74 bits per heavy atom. The van der Waals surface area contributed by atoms with Gasteiger partial charge in [0.15, 0.2) is 6.10 Å². The van der Waals surface area contributed by atoms with E-state index in [9.17, 15) is 14.0 Å². The lowest BCUT2D eigenvalue weighted by Gasteiger charge is -2.27. The summed E-state index contributed by atoms with van der Waals surface area (Å²) in [6, 6.07) is 6.45. The van der Waals surface area contributed by atoms with Crippen LogP contribution < -0.4 is 0 Å². The third-order valence-electron chi connectivity index (χ3n) is 4.59. The average molecular weight is 321 g/mol. The molecule has 0 aliphatic carbocycles. The molecule has 1 aromatic carbocycles. The molecule has 124 valence electrons. The number of benzene rings is 1. The number of aliphatic carboxylic acids is 1. The lowest BCUT2D eigenvalue weighted by Crippen LogP contribution is -2.43. The van der Waals surface area contributed by atoms with Crippen LogP contribution >= 0.6 is 0 Å². The van der Waals surface area contributed by atoms with Crippen molar-refractivity contribution >= 4 is 11.9 Å². The number of halogens is 1. The van der Waals surface area contributed by atoms with Crippen LogP contribution in [-0.4, -0.2) is 46.7 Å². The van der Waals surface area contributed by atoms with Gasteiger partial charge in [-0.15, -0.1) is 0 Å². The van der Waals surface area contributed by atoms with Gasteiger partial charge < -0.3 is 14.7 Å². The summed E-state index contributed by atoms with van der Waals surface area (Å²) in [5.41, 5.74) is 0.866. The molecule has 3 atom stereocenters. The van der Waals surface area contributed by atoms with Crippen LogP contribution in [0.4, 0.5) is 4.39 Å². The number of likely N-dealkylation sites (tertiary alicyclic amines) is 1. The van der Waals surface area contributed by atoms with Crippen LogP contribution in [0.5, 0.6) is 0 Å². The van der Waals surface area contributed by atoms with Gasteiger partial charge in [0.05, 0.1) is 0 Å². The number of nitrogens with zero attached hydrogens (tertiary/aromatic N) is 1. The summed E-state index contributed by atoms with van der Waals surface area (Å²) < 4.78 is 18.7. The summed E-state index contributed by atoms with van der Waals surface area (Å²) in [4.78, 5) is 25.3. The highest BCUT2D eigenvalue weighted by molar-refractivity contribution is 5.83. The summed E-state index contributed by atoms with van der Waals surface area (Å²) >= 11 is 0. The number of rotatable bonds is 4.